The van der Waals surface area contributed by atoms with E-state index in [0.717, 1.165) is 0 Å². The van der Waals surface area contributed by atoms with Gasteiger partial charge in [0.1, 0.15) is 0 Å². The number of ether oxygens (including phenoxy) is 1. The van der Waals surface area contributed by atoms with Crippen LogP contribution in [0.3, 0.4) is 0 Å². The average molecular weight is 249 g/mol. The van der Waals surface area contributed by atoms with Gasteiger partial charge in [0, 0.05) is 18.9 Å². The summed E-state index contributed by atoms with van der Waals surface area (Å²) in [7, 11) is 0. The molecule has 0 amide bonds. The first-order chi connectivity index (χ1) is 7.95. The molecule has 0 heterocycles. The van der Waals surface area contributed by atoms with E-state index in [1.165, 1.54) is 51.4 Å². The summed E-state index contributed by atoms with van der Waals surface area (Å²) >= 11 is 0. The Bertz CT molecular complexity index is 160. The molecule has 0 aromatic rings. The van der Waals surface area contributed by atoms with Crippen LogP contribution in [-0.4, -0.2) is 30.1 Å². The molecule has 105 valence electrons. The molecule has 0 saturated carbocycles. The van der Waals surface area contributed by atoms with E-state index in [2.05, 4.69) is 41.5 Å². The molecule has 0 bridgehead atoms. The maximum Gasteiger partial charge on any atom is 0.0661 e. The molecule has 0 atom stereocenters. The Kier molecular flexibility index (Phi) is 12.0. The Hall–Kier alpha value is 0.557. The topological polar surface area (TPSA) is 9.23 Å². The van der Waals surface area contributed by atoms with Gasteiger partial charge in [-0.3, -0.25) is 0 Å². The second-order valence-corrected chi connectivity index (χ2v) is 6.00. The molecule has 0 N–H and O–H groups in total. The maximum atomic E-state index is 6.59. The molecule has 0 aliphatic carbocycles. The molecule has 1 radical (unpaired) electrons. The van der Waals surface area contributed by atoms with E-state index >= 15 is 0 Å². The van der Waals surface area contributed by atoms with Crippen molar-refractivity contribution in [2.24, 2.45) is 0 Å². The fourth-order valence-electron chi connectivity index (χ4n) is 3.16. The third-order valence-electron chi connectivity index (χ3n) is 3.61. The third-order valence-corrected chi connectivity index (χ3v) is 3.61. The molecule has 0 aromatic carbocycles. The van der Waals surface area contributed by atoms with Crippen LogP contribution in [0, 0.1) is 0 Å². The van der Waals surface area contributed by atoms with E-state index in [1.54, 1.807) is 0 Å². The molecule has 0 fully saturated rings. The molecule has 2 heteroatoms. The van der Waals surface area contributed by atoms with Crippen molar-refractivity contribution < 1.29 is 4.74 Å². The molecule has 0 spiro atoms. The smallest absolute Gasteiger partial charge is 0.0661 e. The molecule has 1 nitrogen and oxygen atoms in total. The summed E-state index contributed by atoms with van der Waals surface area (Å²) < 4.78 is 6.59. The summed E-state index contributed by atoms with van der Waals surface area (Å²) in [6.45, 7) is 13.7. The first kappa shape index (κ1) is 20.9. The Balaban J connectivity index is 0. The van der Waals surface area contributed by atoms with Crippen molar-refractivity contribution in [1.29, 1.82) is 0 Å². The Morgan fingerprint density at radius 2 is 0.833 bits per heavy atom. The van der Waals surface area contributed by atoms with Crippen LogP contribution in [0.15, 0.2) is 0 Å². The largest absolute Gasteiger partial charge is 0.369 e. The monoisotopic (exact) mass is 249 g/mol. The van der Waals surface area contributed by atoms with Gasteiger partial charge in [0.15, 0.2) is 0 Å². The SMILES string of the molecule is CCCC(C)(CCC)OC(C)(CCC)CCC.[Li]. The van der Waals surface area contributed by atoms with Gasteiger partial charge >= 0.3 is 0 Å². The Labute approximate surface area is 128 Å². The first-order valence-electron chi connectivity index (χ1n) is 7.65. The fourth-order valence-corrected chi connectivity index (χ4v) is 3.16. The number of rotatable bonds is 10. The number of hydrogen-bond donors (Lipinski definition) is 0. The molecule has 0 aromatic heterocycles. The van der Waals surface area contributed by atoms with Crippen molar-refractivity contribution >= 4 is 18.9 Å². The van der Waals surface area contributed by atoms with E-state index in [0.29, 0.717) is 0 Å². The van der Waals surface area contributed by atoms with Crippen LogP contribution in [0.25, 0.3) is 0 Å². The van der Waals surface area contributed by atoms with Crippen LogP contribution in [0.4, 0.5) is 0 Å². The van der Waals surface area contributed by atoms with Crippen molar-refractivity contribution in [3.8, 4) is 0 Å². The van der Waals surface area contributed by atoms with E-state index in [1.807, 2.05) is 0 Å². The molecule has 0 rings (SSSR count). The summed E-state index contributed by atoms with van der Waals surface area (Å²) in [5, 5.41) is 0. The zero-order valence-electron chi connectivity index (χ0n) is 14.1. The summed E-state index contributed by atoms with van der Waals surface area (Å²) in [5.41, 5.74) is 0.172. The van der Waals surface area contributed by atoms with Gasteiger partial charge in [0.25, 0.3) is 0 Å². The summed E-state index contributed by atoms with van der Waals surface area (Å²) in [6, 6.07) is 0. The van der Waals surface area contributed by atoms with Crippen LogP contribution < -0.4 is 0 Å². The second-order valence-electron chi connectivity index (χ2n) is 6.00. The van der Waals surface area contributed by atoms with Gasteiger partial charge in [-0.05, 0) is 39.5 Å². The van der Waals surface area contributed by atoms with Crippen molar-refractivity contribution in [3.63, 3.8) is 0 Å². The summed E-state index contributed by atoms with van der Waals surface area (Å²) in [4.78, 5) is 0. The van der Waals surface area contributed by atoms with Gasteiger partial charge in [-0.25, -0.2) is 0 Å². The molecule has 0 aliphatic rings. The van der Waals surface area contributed by atoms with Crippen LogP contribution in [0.5, 0.6) is 0 Å². The van der Waals surface area contributed by atoms with Crippen LogP contribution in [0.1, 0.15) is 92.9 Å². The number of hydrogen-bond acceptors (Lipinski definition) is 1. The van der Waals surface area contributed by atoms with Gasteiger partial charge in [-0.15, -0.1) is 0 Å². The van der Waals surface area contributed by atoms with E-state index < -0.39 is 0 Å². The van der Waals surface area contributed by atoms with E-state index in [9.17, 15) is 0 Å². The Morgan fingerprint density at radius 3 is 1.00 bits per heavy atom. The van der Waals surface area contributed by atoms with Crippen LogP contribution in [-0.2, 0) is 4.74 Å². The fraction of sp³-hybridized carbons (Fsp3) is 1.00. The average Bonchev–Trinajstić information content (AvgIpc) is 2.17. The summed E-state index contributed by atoms with van der Waals surface area (Å²) in [5.74, 6) is 0. The molecular weight excluding hydrogens is 215 g/mol. The van der Waals surface area contributed by atoms with E-state index in [-0.39, 0.29) is 30.1 Å². The van der Waals surface area contributed by atoms with Gasteiger partial charge in [-0.2, -0.15) is 0 Å². The van der Waals surface area contributed by atoms with Gasteiger partial charge in [-0.1, -0.05) is 53.4 Å². The second kappa shape index (κ2) is 10.4. The van der Waals surface area contributed by atoms with Gasteiger partial charge in [0.05, 0.1) is 11.2 Å². The predicted molar refractivity (Wildman–Crippen MR) is 83.3 cm³/mol. The van der Waals surface area contributed by atoms with Crippen molar-refractivity contribution in [3.05, 3.63) is 0 Å². The van der Waals surface area contributed by atoms with E-state index in [4.69, 9.17) is 4.74 Å². The molecular formula is C16H34LiO. The van der Waals surface area contributed by atoms with Crippen molar-refractivity contribution in [2.75, 3.05) is 0 Å². The third kappa shape index (κ3) is 7.88. The van der Waals surface area contributed by atoms with Crippen molar-refractivity contribution in [2.45, 2.75) is 104 Å². The zero-order valence-corrected chi connectivity index (χ0v) is 14.1. The Morgan fingerprint density at radius 1 is 0.611 bits per heavy atom. The normalized spacial score (nSPS) is 12.3. The summed E-state index contributed by atoms with van der Waals surface area (Å²) in [6.07, 6.45) is 9.59. The molecule has 0 aliphatic heterocycles. The van der Waals surface area contributed by atoms with Gasteiger partial charge in [0.2, 0.25) is 0 Å². The van der Waals surface area contributed by atoms with Crippen LogP contribution in [0.2, 0.25) is 0 Å². The molecule has 18 heavy (non-hydrogen) atoms. The maximum absolute atomic E-state index is 6.59. The molecule has 0 saturated heterocycles. The molecule has 0 unspecified atom stereocenters. The predicted octanol–water partition coefficient (Wildman–Crippen LogP) is 5.34. The minimum absolute atomic E-state index is 0. The van der Waals surface area contributed by atoms with Crippen molar-refractivity contribution in [1.82, 2.24) is 0 Å². The first-order valence-corrected chi connectivity index (χ1v) is 7.65. The minimum Gasteiger partial charge on any atom is -0.369 e. The quantitative estimate of drug-likeness (QED) is 0.475. The van der Waals surface area contributed by atoms with Gasteiger partial charge < -0.3 is 4.74 Å². The van der Waals surface area contributed by atoms with Crippen LogP contribution >= 0.6 is 0 Å². The zero-order chi connectivity index (χ0) is 13.4. The minimum atomic E-state index is 0. The standard InChI is InChI=1S/C16H34O.Li/c1-7-11-15(5,12-8-2)17-16(6,13-9-3)14-10-4;/h7-14H2,1-6H3;.